The van der Waals surface area contributed by atoms with E-state index < -0.39 is 6.09 Å². The van der Waals surface area contributed by atoms with Crippen LogP contribution in [0.3, 0.4) is 0 Å². The molecule has 0 saturated carbocycles. The summed E-state index contributed by atoms with van der Waals surface area (Å²) in [6, 6.07) is 7.03. The number of amides is 2. The zero-order valence-electron chi connectivity index (χ0n) is 12.6. The quantitative estimate of drug-likeness (QED) is 0.859. The maximum atomic E-state index is 11.8. The van der Waals surface area contributed by atoms with Crippen LogP contribution in [-0.2, 0) is 19.0 Å². The summed E-state index contributed by atoms with van der Waals surface area (Å²) < 4.78 is 15.5. The van der Waals surface area contributed by atoms with Crippen molar-refractivity contribution in [1.82, 2.24) is 5.32 Å². The highest BCUT2D eigenvalue weighted by Crippen LogP contribution is 2.19. The molecule has 8 nitrogen and oxygen atoms in total. The molecule has 2 amide bonds. The third kappa shape index (κ3) is 4.19. The summed E-state index contributed by atoms with van der Waals surface area (Å²) in [5.74, 6) is -0.0676. The van der Waals surface area contributed by atoms with Gasteiger partial charge in [-0.25, -0.2) is 4.79 Å². The van der Waals surface area contributed by atoms with Gasteiger partial charge in [0, 0.05) is 24.3 Å². The Morgan fingerprint density at radius 3 is 2.78 bits per heavy atom. The number of nitrogens with one attached hydrogen (secondary N) is 2. The van der Waals surface area contributed by atoms with Gasteiger partial charge in [-0.2, -0.15) is 0 Å². The molecule has 1 aromatic carbocycles. The van der Waals surface area contributed by atoms with E-state index in [0.717, 1.165) is 5.69 Å². The van der Waals surface area contributed by atoms with Gasteiger partial charge in [-0.05, 0) is 24.3 Å². The molecule has 124 valence electrons. The van der Waals surface area contributed by atoms with Gasteiger partial charge in [-0.1, -0.05) is 0 Å². The molecule has 2 aliphatic rings. The van der Waals surface area contributed by atoms with Gasteiger partial charge < -0.3 is 19.1 Å². The van der Waals surface area contributed by atoms with E-state index in [9.17, 15) is 9.59 Å². The van der Waals surface area contributed by atoms with Crippen molar-refractivity contribution in [1.29, 1.82) is 0 Å². The van der Waals surface area contributed by atoms with Crippen LogP contribution in [0.5, 0.6) is 0 Å². The molecule has 1 aromatic rings. The van der Waals surface area contributed by atoms with Crippen LogP contribution >= 0.6 is 0 Å². The number of ether oxygens (including phenoxy) is 3. The second kappa shape index (κ2) is 7.40. The number of morpholine rings is 1. The molecule has 0 bridgehead atoms. The number of hydrogen-bond acceptors (Lipinski definition) is 6. The zero-order valence-corrected chi connectivity index (χ0v) is 12.6. The Kier molecular flexibility index (Phi) is 5.06. The molecular weight excluding hydrogens is 302 g/mol. The van der Waals surface area contributed by atoms with E-state index in [1.807, 2.05) is 0 Å². The number of nitrogens with zero attached hydrogens (tertiary/aromatic N) is 1. The third-order valence-corrected chi connectivity index (χ3v) is 3.60. The summed E-state index contributed by atoms with van der Waals surface area (Å²) in [6.07, 6.45) is -0.250. The van der Waals surface area contributed by atoms with Gasteiger partial charge in [0.25, 0.3) is 5.91 Å². The van der Waals surface area contributed by atoms with Crippen LogP contribution in [-0.4, -0.2) is 51.3 Å². The van der Waals surface area contributed by atoms with Crippen molar-refractivity contribution < 1.29 is 23.8 Å². The smallest absolute Gasteiger partial charge is 0.413 e. The summed E-state index contributed by atoms with van der Waals surface area (Å²) >= 11 is 0. The van der Waals surface area contributed by atoms with Gasteiger partial charge in [0.05, 0.1) is 19.9 Å². The Labute approximate surface area is 133 Å². The molecule has 0 aliphatic carbocycles. The molecule has 0 radical (unpaired) electrons. The van der Waals surface area contributed by atoms with Crippen LogP contribution in [0, 0.1) is 0 Å². The van der Waals surface area contributed by atoms with Gasteiger partial charge in [-0.3, -0.25) is 15.4 Å². The fourth-order valence-corrected chi connectivity index (χ4v) is 2.41. The molecule has 23 heavy (non-hydrogen) atoms. The molecule has 3 rings (SSSR count). The molecule has 8 heteroatoms. The topological polar surface area (TPSA) is 89.1 Å². The van der Waals surface area contributed by atoms with Crippen molar-refractivity contribution in [2.24, 2.45) is 0 Å². The predicted octanol–water partition coefficient (Wildman–Crippen LogP) is 0.892. The molecule has 2 heterocycles. The number of carbonyl (C=O) groups excluding carboxylic acids is 2. The molecule has 1 unspecified atom stereocenters. The molecule has 2 saturated heterocycles. The fourth-order valence-electron chi connectivity index (χ4n) is 2.41. The number of rotatable bonds is 3. The number of anilines is 2. The monoisotopic (exact) mass is 321 g/mol. The van der Waals surface area contributed by atoms with Crippen molar-refractivity contribution in [3.63, 3.8) is 0 Å². The number of benzene rings is 1. The Balaban J connectivity index is 1.54. The lowest BCUT2D eigenvalue weighted by Gasteiger charge is -2.27. The average molecular weight is 321 g/mol. The summed E-state index contributed by atoms with van der Waals surface area (Å²) in [4.78, 5) is 25.3. The second-order valence-corrected chi connectivity index (χ2v) is 5.21. The van der Waals surface area contributed by atoms with E-state index in [4.69, 9.17) is 14.2 Å². The van der Waals surface area contributed by atoms with Crippen LogP contribution in [0.25, 0.3) is 0 Å². The summed E-state index contributed by atoms with van der Waals surface area (Å²) in [7, 11) is 0. The molecule has 2 aliphatic heterocycles. The predicted molar refractivity (Wildman–Crippen MR) is 82.1 cm³/mol. The van der Waals surface area contributed by atoms with Crippen LogP contribution in [0.1, 0.15) is 6.42 Å². The first kappa shape index (κ1) is 15.7. The van der Waals surface area contributed by atoms with Gasteiger partial charge in [0.2, 0.25) is 0 Å². The van der Waals surface area contributed by atoms with Crippen LogP contribution in [0.15, 0.2) is 24.3 Å². The zero-order chi connectivity index (χ0) is 16.1. The fraction of sp³-hybridized carbons (Fsp3) is 0.467. The van der Waals surface area contributed by atoms with Gasteiger partial charge in [0.1, 0.15) is 6.61 Å². The van der Waals surface area contributed by atoms with Crippen LogP contribution in [0.2, 0.25) is 0 Å². The molecule has 2 N–H and O–H groups in total. The Bertz CT molecular complexity index is 557. The second-order valence-electron chi connectivity index (χ2n) is 5.21. The molecule has 2 fully saturated rings. The summed E-state index contributed by atoms with van der Waals surface area (Å²) in [5.41, 5.74) is 1.38. The van der Waals surface area contributed by atoms with E-state index in [0.29, 0.717) is 38.6 Å². The minimum atomic E-state index is -0.528. The van der Waals surface area contributed by atoms with E-state index in [1.165, 1.54) is 0 Å². The lowest BCUT2D eigenvalue weighted by atomic mass is 10.2. The Morgan fingerprint density at radius 2 is 2.09 bits per heavy atom. The highest BCUT2D eigenvalue weighted by atomic mass is 16.6. The third-order valence-electron chi connectivity index (χ3n) is 3.60. The van der Waals surface area contributed by atoms with Gasteiger partial charge >= 0.3 is 6.09 Å². The van der Waals surface area contributed by atoms with Gasteiger partial charge in [-0.15, -0.1) is 0 Å². The van der Waals surface area contributed by atoms with E-state index in [2.05, 4.69) is 10.6 Å². The standard InChI is InChI=1S/C15H19N3O5/c19-14-9-21-8-6-18(14)12-3-1-11(2-4-12)17-15(20)23-13-5-7-22-10-16-13/h1-4,13,16H,5-10H2,(H,17,20). The van der Waals surface area contributed by atoms with Crippen molar-refractivity contribution in [3.05, 3.63) is 24.3 Å². The lowest BCUT2D eigenvalue weighted by Crippen LogP contribution is -2.41. The Morgan fingerprint density at radius 1 is 1.26 bits per heavy atom. The molecule has 0 spiro atoms. The van der Waals surface area contributed by atoms with E-state index in [-0.39, 0.29) is 18.7 Å². The lowest BCUT2D eigenvalue weighted by molar-refractivity contribution is -0.125. The minimum absolute atomic E-state index is 0.0676. The van der Waals surface area contributed by atoms with E-state index in [1.54, 1.807) is 29.2 Å². The first-order valence-corrected chi connectivity index (χ1v) is 7.49. The van der Waals surface area contributed by atoms with Crippen molar-refractivity contribution in [2.75, 3.05) is 43.3 Å². The minimum Gasteiger partial charge on any atom is -0.430 e. The first-order valence-electron chi connectivity index (χ1n) is 7.49. The Hall–Kier alpha value is -2.16. The summed E-state index contributed by atoms with van der Waals surface area (Å²) in [5, 5.41) is 5.59. The van der Waals surface area contributed by atoms with Crippen molar-refractivity contribution in [2.45, 2.75) is 12.6 Å². The van der Waals surface area contributed by atoms with Crippen LogP contribution < -0.4 is 15.5 Å². The van der Waals surface area contributed by atoms with Crippen molar-refractivity contribution in [3.8, 4) is 0 Å². The maximum absolute atomic E-state index is 11.8. The van der Waals surface area contributed by atoms with Crippen LogP contribution in [0.4, 0.5) is 16.2 Å². The normalized spacial score (nSPS) is 21.8. The number of hydrogen-bond donors (Lipinski definition) is 2. The SMILES string of the molecule is O=C(Nc1ccc(N2CCOCC2=O)cc1)OC1CCOCN1. The highest BCUT2D eigenvalue weighted by Gasteiger charge is 2.20. The van der Waals surface area contributed by atoms with E-state index >= 15 is 0 Å². The average Bonchev–Trinajstić information content (AvgIpc) is 2.57. The van der Waals surface area contributed by atoms with Gasteiger partial charge in [0.15, 0.2) is 6.23 Å². The largest absolute Gasteiger partial charge is 0.430 e. The first-order chi connectivity index (χ1) is 11.2. The summed E-state index contributed by atoms with van der Waals surface area (Å²) in [6.45, 7) is 2.09. The molecular formula is C15H19N3O5. The molecule has 0 aromatic heterocycles. The maximum Gasteiger partial charge on any atom is 0.413 e. The number of carbonyl (C=O) groups is 2. The highest BCUT2D eigenvalue weighted by molar-refractivity contribution is 5.95. The van der Waals surface area contributed by atoms with Crippen molar-refractivity contribution >= 4 is 23.4 Å². The molecule has 1 atom stereocenters.